The van der Waals surface area contributed by atoms with Gasteiger partial charge in [0.15, 0.2) is 5.85 Å². The van der Waals surface area contributed by atoms with Crippen LogP contribution in [0.4, 0.5) is 0 Å². The highest BCUT2D eigenvalue weighted by molar-refractivity contribution is 4.87. The van der Waals surface area contributed by atoms with Crippen LogP contribution >= 0.6 is 0 Å². The Morgan fingerprint density at radius 3 is 1.59 bits per heavy atom. The maximum Gasteiger partial charge on any atom is 0.183 e. The van der Waals surface area contributed by atoms with Gasteiger partial charge in [0, 0.05) is 13.0 Å². The summed E-state index contributed by atoms with van der Waals surface area (Å²) in [7, 11) is 0. The molecule has 0 aliphatic carbocycles. The van der Waals surface area contributed by atoms with Crippen molar-refractivity contribution in [3.63, 3.8) is 0 Å². The van der Waals surface area contributed by atoms with Crippen molar-refractivity contribution in [2.45, 2.75) is 46.9 Å². The number of ether oxygens (including phenoxy) is 1. The SMILES string of the molecule is [CH]=CCC(OCC)(N(CC)CC)N(CC)CC. The molecule has 0 amide bonds. The van der Waals surface area contributed by atoms with Crippen LogP contribution in [-0.2, 0) is 4.74 Å². The smallest absolute Gasteiger partial charge is 0.183 e. The molecule has 0 bridgehead atoms. The van der Waals surface area contributed by atoms with Crippen molar-refractivity contribution >= 4 is 0 Å². The Labute approximate surface area is 107 Å². The molecule has 0 rings (SSSR count). The lowest BCUT2D eigenvalue weighted by Crippen LogP contribution is -2.62. The summed E-state index contributed by atoms with van der Waals surface area (Å²) in [6.45, 7) is 20.9. The molecule has 0 aromatic heterocycles. The Kier molecular flexibility index (Phi) is 8.48. The lowest BCUT2D eigenvalue weighted by Gasteiger charge is -2.49. The molecule has 0 aromatic rings. The standard InChI is InChI=1S/C14H29N2O/c1-7-13-14(17-12-6,15(8-2)9-3)16(10-4)11-5/h1,7H,8-13H2,2-6H3. The van der Waals surface area contributed by atoms with Gasteiger partial charge >= 0.3 is 0 Å². The number of hydrogen-bond donors (Lipinski definition) is 0. The summed E-state index contributed by atoms with van der Waals surface area (Å²) in [5, 5.41) is 0. The van der Waals surface area contributed by atoms with Crippen LogP contribution in [0.5, 0.6) is 0 Å². The summed E-state index contributed by atoms with van der Waals surface area (Å²) >= 11 is 0. The van der Waals surface area contributed by atoms with E-state index in [0.717, 1.165) is 32.6 Å². The van der Waals surface area contributed by atoms with Gasteiger partial charge < -0.3 is 4.74 Å². The Morgan fingerprint density at radius 2 is 1.35 bits per heavy atom. The first kappa shape index (κ1) is 16.6. The van der Waals surface area contributed by atoms with Gasteiger partial charge in [0.05, 0.1) is 0 Å². The van der Waals surface area contributed by atoms with E-state index < -0.39 is 0 Å². The topological polar surface area (TPSA) is 15.7 Å². The Hall–Kier alpha value is -0.380. The Morgan fingerprint density at radius 1 is 0.941 bits per heavy atom. The first-order valence-electron chi connectivity index (χ1n) is 6.84. The third-order valence-electron chi connectivity index (χ3n) is 3.27. The predicted octanol–water partition coefficient (Wildman–Crippen LogP) is 2.74. The summed E-state index contributed by atoms with van der Waals surface area (Å²) in [4.78, 5) is 4.68. The number of nitrogens with zero attached hydrogens (tertiary/aromatic N) is 2. The van der Waals surface area contributed by atoms with Crippen molar-refractivity contribution in [3.05, 3.63) is 12.7 Å². The van der Waals surface area contributed by atoms with Crippen molar-refractivity contribution in [2.24, 2.45) is 0 Å². The molecular weight excluding hydrogens is 212 g/mol. The zero-order valence-corrected chi connectivity index (χ0v) is 12.2. The van der Waals surface area contributed by atoms with E-state index in [4.69, 9.17) is 11.3 Å². The number of rotatable bonds is 10. The Bertz CT molecular complexity index is 186. The van der Waals surface area contributed by atoms with Crippen molar-refractivity contribution in [1.29, 1.82) is 0 Å². The van der Waals surface area contributed by atoms with E-state index in [9.17, 15) is 0 Å². The van der Waals surface area contributed by atoms with Crippen LogP contribution in [0.25, 0.3) is 0 Å². The van der Waals surface area contributed by atoms with Gasteiger partial charge in [-0.3, -0.25) is 9.80 Å². The molecule has 0 heterocycles. The summed E-state index contributed by atoms with van der Waals surface area (Å²) in [5.41, 5.74) is 0. The van der Waals surface area contributed by atoms with Gasteiger partial charge in [0.1, 0.15) is 0 Å². The van der Waals surface area contributed by atoms with Crippen LogP contribution in [0, 0.1) is 6.58 Å². The largest absolute Gasteiger partial charge is 0.347 e. The molecule has 101 valence electrons. The van der Waals surface area contributed by atoms with E-state index >= 15 is 0 Å². The van der Waals surface area contributed by atoms with Crippen LogP contribution in [0.15, 0.2) is 6.08 Å². The fourth-order valence-corrected chi connectivity index (χ4v) is 2.52. The monoisotopic (exact) mass is 241 g/mol. The van der Waals surface area contributed by atoms with Crippen molar-refractivity contribution in [1.82, 2.24) is 9.80 Å². The highest BCUT2D eigenvalue weighted by Gasteiger charge is 2.39. The third kappa shape index (κ3) is 3.80. The second kappa shape index (κ2) is 8.67. The van der Waals surface area contributed by atoms with Crippen molar-refractivity contribution < 1.29 is 4.74 Å². The average molecular weight is 241 g/mol. The summed E-state index contributed by atoms with van der Waals surface area (Å²) < 4.78 is 6.10. The van der Waals surface area contributed by atoms with E-state index in [2.05, 4.69) is 37.5 Å². The molecule has 3 nitrogen and oxygen atoms in total. The average Bonchev–Trinajstić information content (AvgIpc) is 2.32. The molecule has 0 N–H and O–H groups in total. The van der Waals surface area contributed by atoms with Gasteiger partial charge in [0.2, 0.25) is 0 Å². The van der Waals surface area contributed by atoms with Crippen LogP contribution < -0.4 is 0 Å². The van der Waals surface area contributed by atoms with Crippen LogP contribution in [-0.4, -0.2) is 48.4 Å². The predicted molar refractivity (Wildman–Crippen MR) is 73.7 cm³/mol. The second-order valence-electron chi connectivity index (χ2n) is 3.96. The molecule has 0 unspecified atom stereocenters. The molecule has 0 aromatic carbocycles. The first-order chi connectivity index (χ1) is 8.16. The molecule has 0 spiro atoms. The zero-order chi connectivity index (χ0) is 13.3. The molecule has 0 atom stereocenters. The molecule has 0 fully saturated rings. The fraction of sp³-hybridized carbons (Fsp3) is 0.857. The van der Waals surface area contributed by atoms with Gasteiger partial charge in [-0.25, -0.2) is 0 Å². The normalized spacial score (nSPS) is 12.4. The summed E-state index contributed by atoms with van der Waals surface area (Å²) in [5.74, 6) is -0.378. The lowest BCUT2D eigenvalue weighted by atomic mass is 10.2. The van der Waals surface area contributed by atoms with E-state index in [1.54, 1.807) is 6.08 Å². The number of hydrogen-bond acceptors (Lipinski definition) is 3. The lowest BCUT2D eigenvalue weighted by molar-refractivity contribution is -0.241. The van der Waals surface area contributed by atoms with Gasteiger partial charge in [-0.05, 0) is 33.1 Å². The van der Waals surface area contributed by atoms with Crippen molar-refractivity contribution in [2.75, 3.05) is 32.8 Å². The van der Waals surface area contributed by atoms with E-state index in [0.29, 0.717) is 6.61 Å². The molecule has 0 aliphatic rings. The maximum absolute atomic E-state index is 6.10. The molecule has 0 saturated carbocycles. The second-order valence-corrected chi connectivity index (χ2v) is 3.96. The van der Waals surface area contributed by atoms with E-state index in [-0.39, 0.29) is 5.85 Å². The minimum Gasteiger partial charge on any atom is -0.347 e. The zero-order valence-electron chi connectivity index (χ0n) is 12.2. The quantitative estimate of drug-likeness (QED) is 0.547. The molecule has 0 saturated heterocycles. The minimum atomic E-state index is -0.378. The van der Waals surface area contributed by atoms with Gasteiger partial charge in [0.25, 0.3) is 0 Å². The van der Waals surface area contributed by atoms with E-state index in [1.807, 2.05) is 6.92 Å². The first-order valence-corrected chi connectivity index (χ1v) is 6.84. The molecular formula is C14H29N2O. The summed E-state index contributed by atoms with van der Waals surface area (Å²) in [6.07, 6.45) is 2.44. The van der Waals surface area contributed by atoms with E-state index in [1.165, 1.54) is 0 Å². The van der Waals surface area contributed by atoms with Crippen molar-refractivity contribution in [3.8, 4) is 0 Å². The van der Waals surface area contributed by atoms with Gasteiger partial charge in [-0.1, -0.05) is 40.3 Å². The minimum absolute atomic E-state index is 0.378. The fourth-order valence-electron chi connectivity index (χ4n) is 2.52. The Balaban J connectivity index is 5.27. The van der Waals surface area contributed by atoms with Crippen LogP contribution in [0.2, 0.25) is 0 Å². The molecule has 0 aliphatic heterocycles. The van der Waals surface area contributed by atoms with Gasteiger partial charge in [-0.2, -0.15) is 0 Å². The molecule has 1 radical (unpaired) electrons. The third-order valence-corrected chi connectivity index (χ3v) is 3.27. The van der Waals surface area contributed by atoms with Crippen LogP contribution in [0.1, 0.15) is 41.0 Å². The maximum atomic E-state index is 6.10. The summed E-state index contributed by atoms with van der Waals surface area (Å²) in [6, 6.07) is 0. The highest BCUT2D eigenvalue weighted by atomic mass is 16.5. The molecule has 3 heteroatoms. The van der Waals surface area contributed by atoms with Crippen LogP contribution in [0.3, 0.4) is 0 Å². The highest BCUT2D eigenvalue weighted by Crippen LogP contribution is 2.26. The molecule has 17 heavy (non-hydrogen) atoms. The van der Waals surface area contributed by atoms with Gasteiger partial charge in [-0.15, -0.1) is 0 Å².